The maximum absolute atomic E-state index is 12.0. The van der Waals surface area contributed by atoms with E-state index in [1.54, 1.807) is 36.2 Å². The first-order chi connectivity index (χ1) is 9.63. The molecule has 7 heteroatoms. The summed E-state index contributed by atoms with van der Waals surface area (Å²) < 4.78 is 0. The van der Waals surface area contributed by atoms with Crippen LogP contribution in [0, 0.1) is 0 Å². The molecule has 20 heavy (non-hydrogen) atoms. The average Bonchev–Trinajstić information content (AvgIpc) is 2.95. The largest absolute Gasteiger partial charge is 0.411 e. The van der Waals surface area contributed by atoms with Gasteiger partial charge in [0.1, 0.15) is 11.4 Å². The van der Waals surface area contributed by atoms with Crippen molar-refractivity contribution in [3.8, 4) is 0 Å². The molecule has 2 rings (SSSR count). The first kappa shape index (κ1) is 14.5. The van der Waals surface area contributed by atoms with Gasteiger partial charge in [-0.15, -0.1) is 23.1 Å². The normalized spacial score (nSPS) is 11.4. The smallest absolute Gasteiger partial charge is 0.257 e. The van der Waals surface area contributed by atoms with Crippen LogP contribution >= 0.6 is 23.1 Å². The topological polar surface area (TPSA) is 74.6 Å². The second-order valence-electron chi connectivity index (χ2n) is 3.91. The number of thioether (sulfide) groups is 1. The molecule has 104 valence electrons. The molecule has 0 saturated carbocycles. The first-order valence-corrected chi connectivity index (χ1v) is 7.84. The Morgan fingerprint density at radius 3 is 2.70 bits per heavy atom. The Balaban J connectivity index is 2.09. The summed E-state index contributed by atoms with van der Waals surface area (Å²) in [5.74, 6) is -0.211. The third kappa shape index (κ3) is 3.37. The van der Waals surface area contributed by atoms with E-state index in [2.05, 4.69) is 15.5 Å². The van der Waals surface area contributed by atoms with Gasteiger partial charge in [0.05, 0.1) is 0 Å². The lowest BCUT2D eigenvalue weighted by Gasteiger charge is -2.02. The van der Waals surface area contributed by atoms with Gasteiger partial charge >= 0.3 is 0 Å². The van der Waals surface area contributed by atoms with E-state index in [0.29, 0.717) is 22.1 Å². The van der Waals surface area contributed by atoms with Crippen LogP contribution in [0.15, 0.2) is 39.7 Å². The van der Waals surface area contributed by atoms with Crippen molar-refractivity contribution in [3.63, 3.8) is 0 Å². The number of nitrogens with one attached hydrogen (secondary N) is 1. The van der Waals surface area contributed by atoms with Gasteiger partial charge in [0.15, 0.2) is 5.13 Å². The fourth-order valence-electron chi connectivity index (χ4n) is 1.46. The summed E-state index contributed by atoms with van der Waals surface area (Å²) in [5, 5.41) is 16.7. The van der Waals surface area contributed by atoms with Crippen molar-refractivity contribution < 1.29 is 10.0 Å². The number of carbonyl (C=O) groups is 1. The first-order valence-electron chi connectivity index (χ1n) is 5.74. The summed E-state index contributed by atoms with van der Waals surface area (Å²) >= 11 is 2.91. The number of benzene rings is 1. The molecule has 0 spiro atoms. The Labute approximate surface area is 124 Å². The third-order valence-corrected chi connectivity index (χ3v) is 4.10. The van der Waals surface area contributed by atoms with Gasteiger partial charge in [-0.25, -0.2) is 4.98 Å². The van der Waals surface area contributed by atoms with E-state index in [0.717, 1.165) is 4.90 Å². The molecular formula is C13H13N3O2S2. The molecule has 0 unspecified atom stereocenters. The van der Waals surface area contributed by atoms with Crippen LogP contribution < -0.4 is 5.32 Å². The monoisotopic (exact) mass is 307 g/mol. The van der Waals surface area contributed by atoms with Gasteiger partial charge in [0.25, 0.3) is 5.91 Å². The number of aromatic nitrogens is 1. The van der Waals surface area contributed by atoms with Crippen molar-refractivity contribution >= 4 is 39.8 Å². The van der Waals surface area contributed by atoms with Crippen LogP contribution in [0.3, 0.4) is 0 Å². The molecule has 0 radical (unpaired) electrons. The number of hydrogen-bond donors (Lipinski definition) is 2. The minimum absolute atomic E-state index is 0.211. The summed E-state index contributed by atoms with van der Waals surface area (Å²) in [4.78, 5) is 17.3. The van der Waals surface area contributed by atoms with Crippen LogP contribution in [-0.2, 0) is 0 Å². The third-order valence-electron chi connectivity index (χ3n) is 2.60. The molecule has 1 aromatic carbocycles. The fourth-order valence-corrected chi connectivity index (χ4v) is 2.62. The lowest BCUT2D eigenvalue weighted by molar-refractivity contribution is 0.102. The molecule has 0 aliphatic heterocycles. The summed E-state index contributed by atoms with van der Waals surface area (Å²) in [6.45, 7) is 1.64. The Morgan fingerprint density at radius 2 is 2.10 bits per heavy atom. The predicted octanol–water partition coefficient (Wildman–Crippen LogP) is 3.32. The Hall–Kier alpha value is -1.86. The van der Waals surface area contributed by atoms with E-state index in [4.69, 9.17) is 5.21 Å². The molecule has 0 fully saturated rings. The van der Waals surface area contributed by atoms with E-state index in [1.807, 2.05) is 18.4 Å². The molecule has 1 amide bonds. The predicted molar refractivity (Wildman–Crippen MR) is 82.3 cm³/mol. The lowest BCUT2D eigenvalue weighted by Crippen LogP contribution is -2.11. The highest BCUT2D eigenvalue weighted by atomic mass is 32.2. The number of anilines is 1. The van der Waals surface area contributed by atoms with E-state index >= 15 is 0 Å². The Morgan fingerprint density at radius 1 is 1.40 bits per heavy atom. The average molecular weight is 307 g/mol. The highest BCUT2D eigenvalue weighted by Gasteiger charge is 2.10. The second kappa shape index (κ2) is 6.53. The molecule has 0 saturated heterocycles. The van der Waals surface area contributed by atoms with Crippen molar-refractivity contribution in [2.45, 2.75) is 11.8 Å². The minimum atomic E-state index is -0.211. The molecule has 5 nitrogen and oxygen atoms in total. The van der Waals surface area contributed by atoms with Gasteiger partial charge in [0, 0.05) is 15.8 Å². The Bertz CT molecular complexity index is 635. The second-order valence-corrected chi connectivity index (χ2v) is 5.64. The number of thiazole rings is 1. The number of rotatable bonds is 4. The standard InChI is InChI=1S/C13H13N3O2S2/c1-8(16-18)11-7-20-13(14-11)15-12(17)9-3-5-10(19-2)6-4-9/h3-7,18H,1-2H3,(H,14,15,17). The van der Waals surface area contributed by atoms with Crippen LogP contribution in [0.2, 0.25) is 0 Å². The van der Waals surface area contributed by atoms with Gasteiger partial charge in [-0.1, -0.05) is 5.16 Å². The lowest BCUT2D eigenvalue weighted by atomic mass is 10.2. The van der Waals surface area contributed by atoms with Crippen LogP contribution in [0.4, 0.5) is 5.13 Å². The van der Waals surface area contributed by atoms with E-state index in [-0.39, 0.29) is 5.91 Å². The maximum atomic E-state index is 12.0. The van der Waals surface area contributed by atoms with Crippen molar-refractivity contribution in [1.82, 2.24) is 4.98 Å². The van der Waals surface area contributed by atoms with Gasteiger partial charge in [-0.05, 0) is 37.4 Å². The number of amides is 1. The quantitative estimate of drug-likeness (QED) is 0.393. The molecular weight excluding hydrogens is 294 g/mol. The summed E-state index contributed by atoms with van der Waals surface area (Å²) in [6, 6.07) is 7.34. The molecule has 0 aliphatic rings. The zero-order chi connectivity index (χ0) is 14.5. The number of hydrogen-bond acceptors (Lipinski definition) is 6. The highest BCUT2D eigenvalue weighted by molar-refractivity contribution is 7.98. The van der Waals surface area contributed by atoms with E-state index in [1.165, 1.54) is 11.3 Å². The maximum Gasteiger partial charge on any atom is 0.257 e. The number of nitrogens with zero attached hydrogens (tertiary/aromatic N) is 2. The zero-order valence-corrected chi connectivity index (χ0v) is 12.6. The summed E-state index contributed by atoms with van der Waals surface area (Å²) in [5.41, 5.74) is 1.53. The van der Waals surface area contributed by atoms with Gasteiger partial charge in [-0.3, -0.25) is 10.1 Å². The minimum Gasteiger partial charge on any atom is -0.411 e. The van der Waals surface area contributed by atoms with Crippen LogP contribution in [0.25, 0.3) is 0 Å². The molecule has 2 N–H and O–H groups in total. The van der Waals surface area contributed by atoms with Gasteiger partial charge in [0.2, 0.25) is 0 Å². The highest BCUT2D eigenvalue weighted by Crippen LogP contribution is 2.18. The molecule has 1 heterocycles. The van der Waals surface area contributed by atoms with Crippen molar-refractivity contribution in [3.05, 3.63) is 40.9 Å². The fraction of sp³-hybridized carbons (Fsp3) is 0.154. The van der Waals surface area contributed by atoms with Crippen LogP contribution in [-0.4, -0.2) is 28.1 Å². The molecule has 1 aromatic heterocycles. The zero-order valence-electron chi connectivity index (χ0n) is 11.0. The molecule has 2 aromatic rings. The summed E-state index contributed by atoms with van der Waals surface area (Å²) in [7, 11) is 0. The molecule has 0 aliphatic carbocycles. The van der Waals surface area contributed by atoms with Crippen LogP contribution in [0.1, 0.15) is 23.0 Å². The van der Waals surface area contributed by atoms with E-state index in [9.17, 15) is 4.79 Å². The number of carbonyl (C=O) groups excluding carboxylic acids is 1. The SMILES string of the molecule is CSc1ccc(C(=O)Nc2nc(C(C)=NO)cs2)cc1. The molecule has 0 bridgehead atoms. The van der Waals surface area contributed by atoms with E-state index < -0.39 is 0 Å². The van der Waals surface area contributed by atoms with Crippen molar-refractivity contribution in [2.75, 3.05) is 11.6 Å². The van der Waals surface area contributed by atoms with Crippen LogP contribution in [0.5, 0.6) is 0 Å². The summed E-state index contributed by atoms with van der Waals surface area (Å²) in [6.07, 6.45) is 1.98. The van der Waals surface area contributed by atoms with Gasteiger partial charge < -0.3 is 5.21 Å². The Kier molecular flexibility index (Phi) is 4.75. The number of oxime groups is 1. The molecule has 0 atom stereocenters. The van der Waals surface area contributed by atoms with Crippen molar-refractivity contribution in [1.29, 1.82) is 0 Å². The van der Waals surface area contributed by atoms with Gasteiger partial charge in [-0.2, -0.15) is 0 Å². The van der Waals surface area contributed by atoms with Crippen molar-refractivity contribution in [2.24, 2.45) is 5.16 Å².